The van der Waals surface area contributed by atoms with Crippen LogP contribution in [0.3, 0.4) is 0 Å². The summed E-state index contributed by atoms with van der Waals surface area (Å²) in [5.74, 6) is -1.48. The van der Waals surface area contributed by atoms with E-state index in [0.717, 1.165) is 0 Å². The molecule has 2 aromatic rings. The normalized spacial score (nSPS) is 10.6. The van der Waals surface area contributed by atoms with E-state index in [4.69, 9.17) is 9.84 Å². The number of hydrogen-bond donors (Lipinski definition) is 1. The molecule has 0 aliphatic carbocycles. The molecule has 0 aliphatic heterocycles. The Morgan fingerprint density at radius 1 is 1.25 bits per heavy atom. The van der Waals surface area contributed by atoms with E-state index in [2.05, 4.69) is 4.98 Å². The fourth-order valence-corrected chi connectivity index (χ4v) is 1.78. The van der Waals surface area contributed by atoms with E-state index >= 15 is 0 Å². The number of halogens is 1. The predicted molar refractivity (Wildman–Crippen MR) is 72.4 cm³/mol. The maximum Gasteiger partial charge on any atom is 0.338 e. The van der Waals surface area contributed by atoms with Crippen LogP contribution in [-0.2, 0) is 0 Å². The van der Waals surface area contributed by atoms with E-state index in [1.54, 1.807) is 24.5 Å². The number of nitrogens with zero attached hydrogens (tertiary/aromatic N) is 1. The molecule has 20 heavy (non-hydrogen) atoms. The van der Waals surface area contributed by atoms with Crippen LogP contribution in [0.4, 0.5) is 4.39 Å². The molecule has 1 N–H and O–H groups in total. The van der Waals surface area contributed by atoms with E-state index in [0.29, 0.717) is 16.9 Å². The zero-order chi connectivity index (χ0) is 14.7. The van der Waals surface area contributed by atoms with Crippen molar-refractivity contribution in [2.75, 3.05) is 0 Å². The molecule has 0 aliphatic rings. The van der Waals surface area contributed by atoms with Crippen LogP contribution in [0.15, 0.2) is 36.7 Å². The first-order chi connectivity index (χ1) is 9.47. The Morgan fingerprint density at radius 3 is 2.60 bits per heavy atom. The van der Waals surface area contributed by atoms with E-state index in [1.807, 2.05) is 13.8 Å². The molecule has 0 radical (unpaired) electrons. The first kappa shape index (κ1) is 14.0. The van der Waals surface area contributed by atoms with Crippen molar-refractivity contribution in [1.29, 1.82) is 0 Å². The Labute approximate surface area is 115 Å². The smallest absolute Gasteiger partial charge is 0.338 e. The Bertz CT molecular complexity index is 641. The summed E-state index contributed by atoms with van der Waals surface area (Å²) in [5.41, 5.74) is 0.865. The van der Waals surface area contributed by atoms with Gasteiger partial charge >= 0.3 is 5.97 Å². The fourth-order valence-electron chi connectivity index (χ4n) is 1.78. The quantitative estimate of drug-likeness (QED) is 0.929. The minimum Gasteiger partial charge on any atom is -0.489 e. The predicted octanol–water partition coefficient (Wildman–Crippen LogP) is 3.37. The summed E-state index contributed by atoms with van der Waals surface area (Å²) in [6, 6.07) is 5.70. The summed E-state index contributed by atoms with van der Waals surface area (Å²) in [4.78, 5) is 14.8. The molecule has 4 nitrogen and oxygen atoms in total. The second-order valence-corrected chi connectivity index (χ2v) is 4.58. The van der Waals surface area contributed by atoms with Gasteiger partial charge in [0.1, 0.15) is 11.6 Å². The molecule has 2 rings (SSSR count). The summed E-state index contributed by atoms with van der Waals surface area (Å²) in [5, 5.41) is 8.80. The van der Waals surface area contributed by atoms with Crippen LogP contribution in [0.2, 0.25) is 0 Å². The Hall–Kier alpha value is -2.43. The zero-order valence-electron chi connectivity index (χ0n) is 11.1. The van der Waals surface area contributed by atoms with Crippen molar-refractivity contribution < 1.29 is 19.0 Å². The summed E-state index contributed by atoms with van der Waals surface area (Å²) < 4.78 is 19.2. The number of carboxylic acid groups (broad SMARTS) is 1. The molecule has 1 aromatic heterocycles. The second-order valence-electron chi connectivity index (χ2n) is 4.58. The first-order valence-electron chi connectivity index (χ1n) is 6.12. The van der Waals surface area contributed by atoms with Crippen LogP contribution in [0.1, 0.15) is 24.2 Å². The van der Waals surface area contributed by atoms with Gasteiger partial charge in [0.2, 0.25) is 0 Å². The molecule has 0 saturated carbocycles. The molecule has 104 valence electrons. The Morgan fingerprint density at radius 2 is 2.00 bits per heavy atom. The van der Waals surface area contributed by atoms with Gasteiger partial charge in [-0.1, -0.05) is 6.07 Å². The lowest BCUT2D eigenvalue weighted by Crippen LogP contribution is -2.05. The summed E-state index contributed by atoms with van der Waals surface area (Å²) in [6.45, 7) is 3.79. The van der Waals surface area contributed by atoms with E-state index in [-0.39, 0.29) is 11.7 Å². The van der Waals surface area contributed by atoms with Crippen LogP contribution in [-0.4, -0.2) is 22.2 Å². The fraction of sp³-hybridized carbons (Fsp3) is 0.200. The van der Waals surface area contributed by atoms with Crippen molar-refractivity contribution in [3.05, 3.63) is 48.0 Å². The minimum atomic E-state index is -1.29. The molecule has 5 heteroatoms. The molecule has 0 unspecified atom stereocenters. The van der Waals surface area contributed by atoms with Gasteiger partial charge in [0.05, 0.1) is 17.9 Å². The van der Waals surface area contributed by atoms with E-state index < -0.39 is 11.8 Å². The first-order valence-corrected chi connectivity index (χ1v) is 6.12. The number of aromatic nitrogens is 1. The lowest BCUT2D eigenvalue weighted by Gasteiger charge is -2.10. The van der Waals surface area contributed by atoms with Gasteiger partial charge in [-0.15, -0.1) is 0 Å². The van der Waals surface area contributed by atoms with Crippen molar-refractivity contribution in [3.63, 3.8) is 0 Å². The van der Waals surface area contributed by atoms with Crippen molar-refractivity contribution in [3.8, 4) is 16.9 Å². The largest absolute Gasteiger partial charge is 0.489 e. The van der Waals surface area contributed by atoms with Crippen LogP contribution in [0.5, 0.6) is 5.75 Å². The SMILES string of the molecule is CC(C)Oc1cncc(-c2ccc(C(=O)O)c(F)c2)c1. The summed E-state index contributed by atoms with van der Waals surface area (Å²) in [6.07, 6.45) is 3.16. The number of hydrogen-bond acceptors (Lipinski definition) is 3. The number of aromatic carboxylic acids is 1. The topological polar surface area (TPSA) is 59.4 Å². The highest BCUT2D eigenvalue weighted by Gasteiger charge is 2.11. The number of ether oxygens (including phenoxy) is 1. The zero-order valence-corrected chi connectivity index (χ0v) is 11.1. The lowest BCUT2D eigenvalue weighted by atomic mass is 10.0. The van der Waals surface area contributed by atoms with Crippen LogP contribution < -0.4 is 4.74 Å². The molecule has 0 bridgehead atoms. The highest BCUT2D eigenvalue weighted by molar-refractivity contribution is 5.88. The molecule has 0 atom stereocenters. The van der Waals surface area contributed by atoms with Crippen molar-refractivity contribution in [1.82, 2.24) is 4.98 Å². The standard InChI is InChI=1S/C15H14FNO3/c1-9(2)20-12-5-11(7-17-8-12)10-3-4-13(15(18)19)14(16)6-10/h3-9H,1-2H3,(H,18,19). The minimum absolute atomic E-state index is 0.0122. The number of benzene rings is 1. The van der Waals surface area contributed by atoms with Gasteiger partial charge in [-0.25, -0.2) is 9.18 Å². The van der Waals surface area contributed by atoms with Gasteiger partial charge in [-0.3, -0.25) is 4.98 Å². The molecule has 0 saturated heterocycles. The highest BCUT2D eigenvalue weighted by atomic mass is 19.1. The number of rotatable bonds is 4. The molecule has 0 fully saturated rings. The van der Waals surface area contributed by atoms with Crippen molar-refractivity contribution in [2.24, 2.45) is 0 Å². The number of pyridine rings is 1. The van der Waals surface area contributed by atoms with Crippen LogP contribution >= 0.6 is 0 Å². The average Bonchev–Trinajstić information content (AvgIpc) is 2.37. The lowest BCUT2D eigenvalue weighted by molar-refractivity contribution is 0.0692. The Balaban J connectivity index is 2.36. The molecule has 1 heterocycles. The third-order valence-corrected chi connectivity index (χ3v) is 2.62. The van der Waals surface area contributed by atoms with Gasteiger partial charge in [0.25, 0.3) is 0 Å². The van der Waals surface area contributed by atoms with E-state index in [9.17, 15) is 9.18 Å². The van der Waals surface area contributed by atoms with Crippen LogP contribution in [0.25, 0.3) is 11.1 Å². The third-order valence-electron chi connectivity index (χ3n) is 2.62. The van der Waals surface area contributed by atoms with Crippen LogP contribution in [0, 0.1) is 5.82 Å². The monoisotopic (exact) mass is 275 g/mol. The molecule has 0 amide bonds. The van der Waals surface area contributed by atoms with Gasteiger partial charge in [0.15, 0.2) is 0 Å². The molecule has 1 aromatic carbocycles. The number of carbonyl (C=O) groups is 1. The molecular formula is C15H14FNO3. The average molecular weight is 275 g/mol. The number of carboxylic acids is 1. The van der Waals surface area contributed by atoms with Crippen molar-refractivity contribution >= 4 is 5.97 Å². The Kier molecular flexibility index (Phi) is 3.98. The van der Waals surface area contributed by atoms with Gasteiger partial charge in [-0.2, -0.15) is 0 Å². The highest BCUT2D eigenvalue weighted by Crippen LogP contribution is 2.25. The summed E-state index contributed by atoms with van der Waals surface area (Å²) >= 11 is 0. The summed E-state index contributed by atoms with van der Waals surface area (Å²) in [7, 11) is 0. The maximum atomic E-state index is 13.7. The van der Waals surface area contributed by atoms with Gasteiger partial charge < -0.3 is 9.84 Å². The third kappa shape index (κ3) is 3.12. The van der Waals surface area contributed by atoms with E-state index in [1.165, 1.54) is 12.1 Å². The van der Waals surface area contributed by atoms with Gasteiger partial charge in [-0.05, 0) is 37.6 Å². The van der Waals surface area contributed by atoms with Crippen molar-refractivity contribution in [2.45, 2.75) is 20.0 Å². The molecule has 0 spiro atoms. The van der Waals surface area contributed by atoms with Gasteiger partial charge in [0, 0.05) is 11.8 Å². The second kappa shape index (κ2) is 5.69. The maximum absolute atomic E-state index is 13.7. The molecular weight excluding hydrogens is 261 g/mol.